The maximum absolute atomic E-state index is 5.91. The summed E-state index contributed by atoms with van der Waals surface area (Å²) in [6, 6.07) is 10.2. The van der Waals surface area contributed by atoms with E-state index in [9.17, 15) is 0 Å². The Labute approximate surface area is 114 Å². The van der Waals surface area contributed by atoms with Crippen LogP contribution in [0.1, 0.15) is 23.7 Å². The number of ether oxygens (including phenoxy) is 1. The van der Waals surface area contributed by atoms with Crippen molar-refractivity contribution < 1.29 is 4.74 Å². The monoisotopic (exact) mass is 256 g/mol. The third kappa shape index (κ3) is 3.55. The van der Waals surface area contributed by atoms with Crippen molar-refractivity contribution >= 4 is 0 Å². The Hall–Kier alpha value is -1.87. The van der Waals surface area contributed by atoms with Crippen molar-refractivity contribution in [3.63, 3.8) is 0 Å². The molecule has 100 valence electrons. The largest absolute Gasteiger partial charge is 0.455 e. The van der Waals surface area contributed by atoms with Crippen LogP contribution >= 0.6 is 0 Å². The number of aryl methyl sites for hydroxylation is 2. The van der Waals surface area contributed by atoms with Crippen LogP contribution in [-0.4, -0.2) is 11.0 Å². The molecule has 0 amide bonds. The molecule has 2 N–H and O–H groups in total. The number of hydrogen-bond donors (Lipinski definition) is 1. The zero-order chi connectivity index (χ0) is 13.8. The van der Waals surface area contributed by atoms with E-state index < -0.39 is 0 Å². The highest BCUT2D eigenvalue weighted by molar-refractivity contribution is 5.40. The first kappa shape index (κ1) is 13.6. The van der Waals surface area contributed by atoms with Crippen LogP contribution in [0, 0.1) is 13.8 Å². The molecule has 2 rings (SSSR count). The van der Waals surface area contributed by atoms with Crippen molar-refractivity contribution in [2.24, 2.45) is 5.73 Å². The van der Waals surface area contributed by atoms with Gasteiger partial charge in [0.1, 0.15) is 11.5 Å². The highest BCUT2D eigenvalue weighted by Crippen LogP contribution is 2.27. The summed E-state index contributed by atoms with van der Waals surface area (Å²) in [7, 11) is 0. The zero-order valence-electron chi connectivity index (χ0n) is 11.7. The lowest BCUT2D eigenvalue weighted by Crippen LogP contribution is -2.17. The Morgan fingerprint density at radius 2 is 2.00 bits per heavy atom. The SMILES string of the molecule is Cc1cc(CC(C)N)ccc1Oc1cccnc1C. The Kier molecular flexibility index (Phi) is 4.17. The van der Waals surface area contributed by atoms with Gasteiger partial charge < -0.3 is 10.5 Å². The predicted octanol–water partition coefficient (Wildman–Crippen LogP) is 3.38. The topological polar surface area (TPSA) is 48.1 Å². The summed E-state index contributed by atoms with van der Waals surface area (Å²) in [5.74, 6) is 1.66. The summed E-state index contributed by atoms with van der Waals surface area (Å²) in [5, 5.41) is 0. The highest BCUT2D eigenvalue weighted by Gasteiger charge is 2.06. The number of aromatic nitrogens is 1. The maximum atomic E-state index is 5.91. The minimum atomic E-state index is 0.173. The Morgan fingerprint density at radius 1 is 1.21 bits per heavy atom. The highest BCUT2D eigenvalue weighted by atomic mass is 16.5. The van der Waals surface area contributed by atoms with Gasteiger partial charge in [-0.1, -0.05) is 12.1 Å². The van der Waals surface area contributed by atoms with Gasteiger partial charge in [-0.05, 0) is 56.5 Å². The third-order valence-corrected chi connectivity index (χ3v) is 2.98. The summed E-state index contributed by atoms with van der Waals surface area (Å²) in [4.78, 5) is 4.22. The lowest BCUT2D eigenvalue weighted by molar-refractivity contribution is 0.472. The first-order valence-electron chi connectivity index (χ1n) is 6.51. The fourth-order valence-electron chi connectivity index (χ4n) is 2.02. The number of rotatable bonds is 4. The average molecular weight is 256 g/mol. The molecule has 1 aromatic heterocycles. The minimum absolute atomic E-state index is 0.173. The minimum Gasteiger partial charge on any atom is -0.455 e. The van der Waals surface area contributed by atoms with E-state index in [1.54, 1.807) is 6.20 Å². The summed E-state index contributed by atoms with van der Waals surface area (Å²) in [5.41, 5.74) is 9.06. The Bertz CT molecular complexity index is 564. The molecule has 3 nitrogen and oxygen atoms in total. The van der Waals surface area contributed by atoms with E-state index in [2.05, 4.69) is 17.1 Å². The van der Waals surface area contributed by atoms with E-state index >= 15 is 0 Å². The third-order valence-electron chi connectivity index (χ3n) is 2.98. The molecule has 1 atom stereocenters. The van der Waals surface area contributed by atoms with Gasteiger partial charge in [-0.3, -0.25) is 4.98 Å². The van der Waals surface area contributed by atoms with E-state index in [0.717, 1.165) is 29.2 Å². The van der Waals surface area contributed by atoms with Gasteiger partial charge in [-0.15, -0.1) is 0 Å². The molecule has 1 aromatic carbocycles. The Morgan fingerprint density at radius 3 is 2.63 bits per heavy atom. The van der Waals surface area contributed by atoms with Crippen LogP contribution in [0.5, 0.6) is 11.5 Å². The van der Waals surface area contributed by atoms with E-state index in [4.69, 9.17) is 10.5 Å². The number of hydrogen-bond acceptors (Lipinski definition) is 3. The number of pyridine rings is 1. The molecular formula is C16H20N2O. The molecule has 0 aliphatic rings. The molecule has 1 unspecified atom stereocenters. The number of nitrogens with zero attached hydrogens (tertiary/aromatic N) is 1. The molecule has 3 heteroatoms. The summed E-state index contributed by atoms with van der Waals surface area (Å²) < 4.78 is 5.91. The first-order valence-corrected chi connectivity index (χ1v) is 6.51. The molecular weight excluding hydrogens is 236 g/mol. The maximum Gasteiger partial charge on any atom is 0.148 e. The molecule has 0 bridgehead atoms. The molecule has 0 saturated carbocycles. The van der Waals surface area contributed by atoms with Gasteiger partial charge in [0, 0.05) is 12.2 Å². The van der Waals surface area contributed by atoms with E-state index in [0.29, 0.717) is 0 Å². The molecule has 0 spiro atoms. The van der Waals surface area contributed by atoms with E-state index in [1.807, 2.05) is 39.0 Å². The Balaban J connectivity index is 2.20. The lowest BCUT2D eigenvalue weighted by Gasteiger charge is -2.12. The average Bonchev–Trinajstić information content (AvgIpc) is 2.34. The quantitative estimate of drug-likeness (QED) is 0.912. The summed E-state index contributed by atoms with van der Waals surface area (Å²) in [6.45, 7) is 6.00. The van der Waals surface area contributed by atoms with Gasteiger partial charge >= 0.3 is 0 Å². The number of benzene rings is 1. The zero-order valence-corrected chi connectivity index (χ0v) is 11.7. The van der Waals surface area contributed by atoms with Gasteiger partial charge in [0.05, 0.1) is 5.69 Å². The number of nitrogens with two attached hydrogens (primary N) is 1. The molecule has 19 heavy (non-hydrogen) atoms. The van der Waals surface area contributed by atoms with E-state index in [1.165, 1.54) is 5.56 Å². The normalized spacial score (nSPS) is 12.2. The van der Waals surface area contributed by atoms with E-state index in [-0.39, 0.29) is 6.04 Å². The van der Waals surface area contributed by atoms with Gasteiger partial charge in [-0.25, -0.2) is 0 Å². The van der Waals surface area contributed by atoms with Crippen LogP contribution in [0.3, 0.4) is 0 Å². The fraction of sp³-hybridized carbons (Fsp3) is 0.312. The molecule has 0 aliphatic heterocycles. The van der Waals surface area contributed by atoms with Crippen LogP contribution in [-0.2, 0) is 6.42 Å². The van der Waals surface area contributed by atoms with Gasteiger partial charge in [0.15, 0.2) is 0 Å². The second-order valence-corrected chi connectivity index (χ2v) is 4.97. The van der Waals surface area contributed by atoms with Crippen molar-refractivity contribution in [3.8, 4) is 11.5 Å². The van der Waals surface area contributed by atoms with Crippen molar-refractivity contribution in [2.75, 3.05) is 0 Å². The van der Waals surface area contributed by atoms with Crippen molar-refractivity contribution in [2.45, 2.75) is 33.2 Å². The van der Waals surface area contributed by atoms with Crippen LogP contribution in [0.2, 0.25) is 0 Å². The summed E-state index contributed by atoms with van der Waals surface area (Å²) in [6.07, 6.45) is 2.65. The second-order valence-electron chi connectivity index (χ2n) is 4.97. The van der Waals surface area contributed by atoms with Crippen LogP contribution < -0.4 is 10.5 Å². The lowest BCUT2D eigenvalue weighted by atomic mass is 10.0. The van der Waals surface area contributed by atoms with Gasteiger partial charge in [0.25, 0.3) is 0 Å². The second kappa shape index (κ2) is 5.85. The van der Waals surface area contributed by atoms with Gasteiger partial charge in [-0.2, -0.15) is 0 Å². The van der Waals surface area contributed by atoms with Gasteiger partial charge in [0.2, 0.25) is 0 Å². The molecule has 0 saturated heterocycles. The standard InChI is InChI=1S/C16H20N2O/c1-11-9-14(10-12(2)17)6-7-15(11)19-16-5-4-8-18-13(16)3/h4-9,12H,10,17H2,1-3H3. The molecule has 0 fully saturated rings. The molecule has 2 aromatic rings. The molecule has 0 aliphatic carbocycles. The van der Waals surface area contributed by atoms with Crippen molar-refractivity contribution in [1.82, 2.24) is 4.98 Å². The predicted molar refractivity (Wildman–Crippen MR) is 77.6 cm³/mol. The van der Waals surface area contributed by atoms with Crippen molar-refractivity contribution in [1.29, 1.82) is 0 Å². The van der Waals surface area contributed by atoms with Crippen molar-refractivity contribution in [3.05, 3.63) is 53.3 Å². The molecule has 1 heterocycles. The summed E-state index contributed by atoms with van der Waals surface area (Å²) >= 11 is 0. The fourth-order valence-corrected chi connectivity index (χ4v) is 2.02. The van der Waals surface area contributed by atoms with Crippen LogP contribution in [0.15, 0.2) is 36.5 Å². The van der Waals surface area contributed by atoms with Crippen LogP contribution in [0.25, 0.3) is 0 Å². The van der Waals surface area contributed by atoms with Crippen LogP contribution in [0.4, 0.5) is 0 Å². The molecule has 0 radical (unpaired) electrons. The first-order chi connectivity index (χ1) is 9.06. The smallest absolute Gasteiger partial charge is 0.148 e.